The number of hydrogen-bond donors (Lipinski definition) is 4. The summed E-state index contributed by atoms with van der Waals surface area (Å²) in [7, 11) is 0.210. The number of rotatable bonds is 3. The van der Waals surface area contributed by atoms with Gasteiger partial charge in [0.15, 0.2) is 6.23 Å². The predicted molar refractivity (Wildman–Crippen MR) is 88.9 cm³/mol. The average Bonchev–Trinajstić information content (AvgIpc) is 2.91. The molecule has 0 aromatic carbocycles. The molecule has 1 aromatic rings. The number of aliphatic hydroxyl groups excluding tert-OH is 3. The molecule has 2 saturated heterocycles. The SMILES string of the molecule is Nc1ccn([C@@H]2O[C@H](CO)[C@@H](O)[C@H]2O)c(=O)n1.O=PN1CCCCC1. The highest BCUT2D eigenvalue weighted by atomic mass is 31.1. The Morgan fingerprint density at radius 3 is 2.44 bits per heavy atom. The zero-order valence-electron chi connectivity index (χ0n) is 13.6. The van der Waals surface area contributed by atoms with E-state index in [0.29, 0.717) is 0 Å². The van der Waals surface area contributed by atoms with Crippen molar-refractivity contribution in [2.24, 2.45) is 0 Å². The second-order valence-corrected chi connectivity index (χ2v) is 6.60. The molecule has 25 heavy (non-hydrogen) atoms. The van der Waals surface area contributed by atoms with Gasteiger partial charge in [-0.3, -0.25) is 9.13 Å². The Morgan fingerprint density at radius 2 is 1.96 bits per heavy atom. The normalized spacial score (nSPS) is 30.0. The summed E-state index contributed by atoms with van der Waals surface area (Å²) >= 11 is 0. The van der Waals surface area contributed by atoms with Gasteiger partial charge >= 0.3 is 5.69 Å². The van der Waals surface area contributed by atoms with Crippen LogP contribution in [-0.2, 0) is 9.30 Å². The van der Waals surface area contributed by atoms with Crippen LogP contribution in [0, 0.1) is 0 Å². The Hall–Kier alpha value is -1.42. The molecule has 10 nitrogen and oxygen atoms in total. The van der Waals surface area contributed by atoms with Crippen LogP contribution in [0.2, 0.25) is 0 Å². The van der Waals surface area contributed by atoms with Gasteiger partial charge < -0.3 is 25.8 Å². The standard InChI is InChI=1S/C9H13N3O5.C5H10NOP/c10-5-1-2-12(9(16)11-5)8-7(15)6(14)4(3-13)17-8;7-8-6-4-2-1-3-5-6/h1-2,4,6-8,13-15H,3H2,(H2,10,11,16);1-5H2/t4-,6-,7-,8-;/m1./s1. The third-order valence-electron chi connectivity index (χ3n) is 4.09. The maximum absolute atomic E-state index is 11.5. The minimum atomic E-state index is -1.31. The van der Waals surface area contributed by atoms with Gasteiger partial charge in [-0.1, -0.05) is 6.42 Å². The van der Waals surface area contributed by atoms with Crippen LogP contribution in [0.3, 0.4) is 0 Å². The largest absolute Gasteiger partial charge is 0.394 e. The molecule has 0 saturated carbocycles. The van der Waals surface area contributed by atoms with Crippen LogP contribution in [0.15, 0.2) is 17.1 Å². The summed E-state index contributed by atoms with van der Waals surface area (Å²) in [5.74, 6) is 0.0537. The van der Waals surface area contributed by atoms with E-state index in [0.717, 1.165) is 17.7 Å². The van der Waals surface area contributed by atoms with Crippen molar-refractivity contribution in [2.45, 2.75) is 43.8 Å². The molecule has 0 unspecified atom stereocenters. The lowest BCUT2D eigenvalue weighted by Crippen LogP contribution is -2.36. The fourth-order valence-electron chi connectivity index (χ4n) is 2.69. The highest BCUT2D eigenvalue weighted by molar-refractivity contribution is 7.20. The quantitative estimate of drug-likeness (QED) is 0.494. The average molecular weight is 374 g/mol. The van der Waals surface area contributed by atoms with Gasteiger partial charge in [0, 0.05) is 19.3 Å². The predicted octanol–water partition coefficient (Wildman–Crippen LogP) is -0.884. The number of nitrogens with two attached hydrogens (primary N) is 1. The van der Waals surface area contributed by atoms with Gasteiger partial charge in [-0.2, -0.15) is 4.98 Å². The number of aliphatic hydroxyl groups is 3. The molecule has 3 heterocycles. The van der Waals surface area contributed by atoms with Crippen LogP contribution in [0.4, 0.5) is 5.82 Å². The van der Waals surface area contributed by atoms with Gasteiger partial charge in [-0.05, 0) is 18.9 Å². The molecule has 0 spiro atoms. The van der Waals surface area contributed by atoms with Crippen LogP contribution in [0.1, 0.15) is 25.5 Å². The van der Waals surface area contributed by atoms with Crippen LogP contribution < -0.4 is 11.4 Å². The van der Waals surface area contributed by atoms with E-state index in [4.69, 9.17) is 15.6 Å². The summed E-state index contributed by atoms with van der Waals surface area (Å²) in [4.78, 5) is 15.0. The lowest BCUT2D eigenvalue weighted by atomic mass is 10.1. The summed E-state index contributed by atoms with van der Waals surface area (Å²) in [5, 5.41) is 28.2. The van der Waals surface area contributed by atoms with Crippen molar-refractivity contribution in [3.05, 3.63) is 22.7 Å². The Kier molecular flexibility index (Phi) is 7.42. The summed E-state index contributed by atoms with van der Waals surface area (Å²) in [6.07, 6.45) is 0.480. The van der Waals surface area contributed by atoms with Crippen molar-refractivity contribution in [1.29, 1.82) is 0 Å². The van der Waals surface area contributed by atoms with Crippen molar-refractivity contribution in [2.75, 3.05) is 25.4 Å². The Balaban J connectivity index is 0.000000236. The fourth-order valence-corrected chi connectivity index (χ4v) is 3.13. The third kappa shape index (κ3) is 5.04. The van der Waals surface area contributed by atoms with Crippen molar-refractivity contribution in [3.63, 3.8) is 0 Å². The first-order chi connectivity index (χ1) is 12.0. The minimum absolute atomic E-state index is 0.0537. The molecule has 0 amide bonds. The molecule has 2 aliphatic heterocycles. The molecule has 140 valence electrons. The maximum Gasteiger partial charge on any atom is 0.351 e. The fraction of sp³-hybridized carbons (Fsp3) is 0.714. The Labute approximate surface area is 146 Å². The zero-order valence-corrected chi connectivity index (χ0v) is 14.5. The number of piperidine rings is 1. The van der Waals surface area contributed by atoms with Crippen molar-refractivity contribution < 1.29 is 24.6 Å². The highest BCUT2D eigenvalue weighted by Crippen LogP contribution is 2.27. The van der Waals surface area contributed by atoms with Gasteiger partial charge in [-0.15, -0.1) is 0 Å². The molecule has 4 atom stereocenters. The van der Waals surface area contributed by atoms with Gasteiger partial charge in [-0.25, -0.2) is 9.46 Å². The highest BCUT2D eigenvalue weighted by Gasteiger charge is 2.43. The van der Waals surface area contributed by atoms with E-state index >= 15 is 0 Å². The van der Waals surface area contributed by atoms with Crippen LogP contribution in [0.5, 0.6) is 0 Å². The van der Waals surface area contributed by atoms with Crippen LogP contribution >= 0.6 is 8.61 Å². The summed E-state index contributed by atoms with van der Waals surface area (Å²) in [5.41, 5.74) is 4.63. The molecule has 2 fully saturated rings. The number of aromatic nitrogens is 2. The monoisotopic (exact) mass is 374 g/mol. The summed E-state index contributed by atoms with van der Waals surface area (Å²) in [6.45, 7) is 1.59. The van der Waals surface area contributed by atoms with Crippen molar-refractivity contribution in [1.82, 2.24) is 14.2 Å². The lowest BCUT2D eigenvalue weighted by Gasteiger charge is -2.17. The Bertz CT molecular complexity index is 624. The number of hydrogen-bond acceptors (Lipinski definition) is 8. The second kappa shape index (κ2) is 9.33. The van der Waals surface area contributed by atoms with Crippen molar-refractivity contribution in [3.8, 4) is 0 Å². The van der Waals surface area contributed by atoms with Crippen molar-refractivity contribution >= 4 is 14.4 Å². The van der Waals surface area contributed by atoms with E-state index in [1.807, 2.05) is 4.67 Å². The maximum atomic E-state index is 11.5. The number of nitrogen functional groups attached to an aromatic ring is 1. The smallest absolute Gasteiger partial charge is 0.351 e. The summed E-state index contributed by atoms with van der Waals surface area (Å²) in [6, 6.07) is 1.37. The number of anilines is 1. The molecular weight excluding hydrogens is 351 g/mol. The van der Waals surface area contributed by atoms with E-state index in [1.54, 1.807) is 0 Å². The molecule has 0 radical (unpaired) electrons. The molecular formula is C14H23N4O6P. The van der Waals surface area contributed by atoms with E-state index in [2.05, 4.69) is 4.98 Å². The molecule has 3 rings (SSSR count). The van der Waals surface area contributed by atoms with Gasteiger partial charge in [0.2, 0.25) is 8.61 Å². The topological polar surface area (TPSA) is 151 Å². The molecule has 1 aromatic heterocycles. The second-order valence-electron chi connectivity index (χ2n) is 5.87. The van der Waals surface area contributed by atoms with E-state index in [-0.39, 0.29) is 14.4 Å². The van der Waals surface area contributed by atoms with E-state index in [9.17, 15) is 19.6 Å². The van der Waals surface area contributed by atoms with E-state index in [1.165, 1.54) is 31.5 Å². The van der Waals surface area contributed by atoms with E-state index < -0.39 is 36.8 Å². The first-order valence-corrected chi connectivity index (χ1v) is 8.79. The number of ether oxygens (including phenoxy) is 1. The van der Waals surface area contributed by atoms with Crippen LogP contribution in [0.25, 0.3) is 0 Å². The zero-order chi connectivity index (χ0) is 18.4. The van der Waals surface area contributed by atoms with Gasteiger partial charge in [0.1, 0.15) is 24.1 Å². The number of nitrogens with zero attached hydrogens (tertiary/aromatic N) is 3. The van der Waals surface area contributed by atoms with Gasteiger partial charge in [0.05, 0.1) is 6.61 Å². The van der Waals surface area contributed by atoms with Gasteiger partial charge in [0.25, 0.3) is 0 Å². The summed E-state index contributed by atoms with van der Waals surface area (Å²) < 4.78 is 18.3. The molecule has 5 N–H and O–H groups in total. The van der Waals surface area contributed by atoms with Crippen LogP contribution in [-0.4, -0.2) is 67.5 Å². The minimum Gasteiger partial charge on any atom is -0.394 e. The third-order valence-corrected chi connectivity index (χ3v) is 4.72. The molecule has 2 aliphatic rings. The lowest BCUT2D eigenvalue weighted by molar-refractivity contribution is -0.0549. The first kappa shape index (κ1) is 19.9. The first-order valence-electron chi connectivity index (χ1n) is 8.03. The Morgan fingerprint density at radius 1 is 1.28 bits per heavy atom. The molecule has 11 heteroatoms. The molecule has 0 aliphatic carbocycles. The molecule has 0 bridgehead atoms.